The molecule has 2 heterocycles. The summed E-state index contributed by atoms with van der Waals surface area (Å²) in [6, 6.07) is 5.86. The van der Waals surface area contributed by atoms with Gasteiger partial charge in [-0.1, -0.05) is 18.9 Å². The maximum atomic E-state index is 10.2. The van der Waals surface area contributed by atoms with E-state index in [0.717, 1.165) is 19.5 Å². The Morgan fingerprint density at radius 1 is 1.24 bits per heavy atom. The van der Waals surface area contributed by atoms with Gasteiger partial charge in [-0.25, -0.2) is 0 Å². The van der Waals surface area contributed by atoms with Crippen molar-refractivity contribution in [3.05, 3.63) is 22.4 Å². The van der Waals surface area contributed by atoms with Crippen molar-refractivity contribution in [1.82, 2.24) is 10.2 Å². The number of aliphatic hydroxyl groups excluding tert-OH is 1. The maximum absolute atomic E-state index is 10.2. The summed E-state index contributed by atoms with van der Waals surface area (Å²) in [6.07, 6.45) is 7.00. The Morgan fingerprint density at radius 2 is 2.00 bits per heavy atom. The molecule has 118 valence electrons. The quantitative estimate of drug-likeness (QED) is 0.897. The highest BCUT2D eigenvalue weighted by Gasteiger charge is 2.31. The summed E-state index contributed by atoms with van der Waals surface area (Å²) in [7, 11) is 0. The van der Waals surface area contributed by atoms with Gasteiger partial charge in [-0.3, -0.25) is 4.90 Å². The predicted octanol–water partition coefficient (Wildman–Crippen LogP) is 3.17. The van der Waals surface area contributed by atoms with E-state index in [0.29, 0.717) is 18.1 Å². The average Bonchev–Trinajstić information content (AvgIpc) is 3.03. The van der Waals surface area contributed by atoms with E-state index < -0.39 is 0 Å². The Bertz CT molecular complexity index is 414. The molecule has 4 heteroatoms. The SMILES string of the molecule is C[C@H](NC1CCN([C@H]2CCCC[C@H]2O)CC1)c1cccs1. The molecular formula is C17H28N2OS. The lowest BCUT2D eigenvalue weighted by molar-refractivity contribution is 0.00673. The first-order valence-electron chi connectivity index (χ1n) is 8.45. The van der Waals surface area contributed by atoms with Gasteiger partial charge in [0.05, 0.1) is 6.10 Å². The standard InChI is InChI=1S/C17H28N2OS/c1-13(17-7-4-12-21-17)18-14-8-10-19(11-9-14)15-5-2-3-6-16(15)20/h4,7,12-16,18,20H,2-3,5-6,8-11H2,1H3/t13-,15-,16+/m0/s1. The summed E-state index contributed by atoms with van der Waals surface area (Å²) >= 11 is 1.84. The van der Waals surface area contributed by atoms with Crippen LogP contribution in [0.3, 0.4) is 0 Å². The minimum atomic E-state index is -0.0895. The number of hydrogen-bond donors (Lipinski definition) is 2. The monoisotopic (exact) mass is 308 g/mol. The van der Waals surface area contributed by atoms with Gasteiger partial charge in [0.25, 0.3) is 0 Å². The fourth-order valence-corrected chi connectivity index (χ4v) is 4.63. The molecule has 2 fully saturated rings. The van der Waals surface area contributed by atoms with E-state index in [1.54, 1.807) is 0 Å². The molecule has 1 aromatic heterocycles. The lowest BCUT2D eigenvalue weighted by Gasteiger charge is -2.42. The van der Waals surface area contributed by atoms with Crippen LogP contribution in [0, 0.1) is 0 Å². The molecule has 0 bridgehead atoms. The van der Waals surface area contributed by atoms with Crippen LogP contribution in [0.25, 0.3) is 0 Å². The molecule has 3 nitrogen and oxygen atoms in total. The molecule has 3 atom stereocenters. The predicted molar refractivity (Wildman–Crippen MR) is 88.7 cm³/mol. The largest absolute Gasteiger partial charge is 0.391 e. The molecular weight excluding hydrogens is 280 g/mol. The normalized spacial score (nSPS) is 30.4. The van der Waals surface area contributed by atoms with Crippen LogP contribution >= 0.6 is 11.3 Å². The van der Waals surface area contributed by atoms with Crippen LogP contribution in [0.4, 0.5) is 0 Å². The van der Waals surface area contributed by atoms with Gasteiger partial charge < -0.3 is 10.4 Å². The molecule has 0 aromatic carbocycles. The van der Waals surface area contributed by atoms with E-state index in [9.17, 15) is 5.11 Å². The topological polar surface area (TPSA) is 35.5 Å². The van der Waals surface area contributed by atoms with Gasteiger partial charge >= 0.3 is 0 Å². The molecule has 1 aliphatic carbocycles. The zero-order valence-corrected chi connectivity index (χ0v) is 13.8. The highest BCUT2D eigenvalue weighted by molar-refractivity contribution is 7.10. The van der Waals surface area contributed by atoms with E-state index in [4.69, 9.17) is 0 Å². The number of likely N-dealkylation sites (tertiary alicyclic amines) is 1. The molecule has 21 heavy (non-hydrogen) atoms. The van der Waals surface area contributed by atoms with Crippen LogP contribution in [-0.2, 0) is 0 Å². The number of piperidine rings is 1. The van der Waals surface area contributed by atoms with Crippen LogP contribution in [0.2, 0.25) is 0 Å². The van der Waals surface area contributed by atoms with Crippen LogP contribution in [0.15, 0.2) is 17.5 Å². The second kappa shape index (κ2) is 7.23. The van der Waals surface area contributed by atoms with Gasteiger partial charge in [0, 0.05) is 36.1 Å². The summed E-state index contributed by atoms with van der Waals surface area (Å²) in [5, 5.41) is 16.1. The minimum Gasteiger partial charge on any atom is -0.391 e. The number of nitrogens with zero attached hydrogens (tertiary/aromatic N) is 1. The maximum Gasteiger partial charge on any atom is 0.0695 e. The summed E-state index contributed by atoms with van der Waals surface area (Å²) < 4.78 is 0. The van der Waals surface area contributed by atoms with Crippen molar-refractivity contribution in [3.8, 4) is 0 Å². The summed E-state index contributed by atoms with van der Waals surface area (Å²) in [4.78, 5) is 3.97. The van der Waals surface area contributed by atoms with E-state index in [1.165, 1.54) is 37.0 Å². The summed E-state index contributed by atoms with van der Waals surface area (Å²) in [5.74, 6) is 0. The summed E-state index contributed by atoms with van der Waals surface area (Å²) in [6.45, 7) is 4.54. The first-order chi connectivity index (χ1) is 10.2. The highest BCUT2D eigenvalue weighted by atomic mass is 32.1. The lowest BCUT2D eigenvalue weighted by Crippen LogP contribution is -2.51. The molecule has 1 aromatic rings. The first-order valence-corrected chi connectivity index (χ1v) is 9.33. The molecule has 0 radical (unpaired) electrons. The van der Waals surface area contributed by atoms with Crippen LogP contribution < -0.4 is 5.32 Å². The van der Waals surface area contributed by atoms with Crippen molar-refractivity contribution < 1.29 is 5.11 Å². The lowest BCUT2D eigenvalue weighted by atomic mass is 9.89. The molecule has 1 aliphatic heterocycles. The fraction of sp³-hybridized carbons (Fsp3) is 0.765. The molecule has 1 saturated carbocycles. The van der Waals surface area contributed by atoms with E-state index >= 15 is 0 Å². The van der Waals surface area contributed by atoms with Gasteiger partial charge in [-0.2, -0.15) is 0 Å². The van der Waals surface area contributed by atoms with Crippen molar-refractivity contribution in [2.45, 2.75) is 69.7 Å². The molecule has 1 saturated heterocycles. The second-order valence-electron chi connectivity index (χ2n) is 6.63. The average molecular weight is 308 g/mol. The number of thiophene rings is 1. The molecule has 2 N–H and O–H groups in total. The van der Waals surface area contributed by atoms with Gasteiger partial charge in [0.15, 0.2) is 0 Å². The molecule has 0 unspecified atom stereocenters. The number of rotatable bonds is 4. The number of hydrogen-bond acceptors (Lipinski definition) is 4. The number of nitrogens with one attached hydrogen (secondary N) is 1. The molecule has 0 amide bonds. The highest BCUT2D eigenvalue weighted by Crippen LogP contribution is 2.27. The number of aliphatic hydroxyl groups is 1. The zero-order valence-electron chi connectivity index (χ0n) is 13.0. The van der Waals surface area contributed by atoms with E-state index in [2.05, 4.69) is 34.7 Å². The molecule has 0 spiro atoms. The molecule has 2 aliphatic rings. The Balaban J connectivity index is 1.46. The van der Waals surface area contributed by atoms with Gasteiger partial charge in [-0.05, 0) is 44.1 Å². The van der Waals surface area contributed by atoms with Crippen LogP contribution in [0.5, 0.6) is 0 Å². The third kappa shape index (κ3) is 3.86. The Kier molecular flexibility index (Phi) is 5.33. The molecule has 3 rings (SSSR count). The van der Waals surface area contributed by atoms with Crippen molar-refractivity contribution in [1.29, 1.82) is 0 Å². The minimum absolute atomic E-state index is 0.0895. The third-order valence-corrected chi connectivity index (χ3v) is 6.20. The Hall–Kier alpha value is -0.420. The van der Waals surface area contributed by atoms with E-state index in [1.807, 2.05) is 11.3 Å². The van der Waals surface area contributed by atoms with Gasteiger partial charge in [-0.15, -0.1) is 11.3 Å². The zero-order chi connectivity index (χ0) is 14.7. The van der Waals surface area contributed by atoms with Gasteiger partial charge in [0.1, 0.15) is 0 Å². The van der Waals surface area contributed by atoms with Crippen molar-refractivity contribution in [2.24, 2.45) is 0 Å². The van der Waals surface area contributed by atoms with Crippen molar-refractivity contribution >= 4 is 11.3 Å². The second-order valence-corrected chi connectivity index (χ2v) is 7.61. The fourth-order valence-electron chi connectivity index (χ4n) is 3.89. The third-order valence-electron chi connectivity index (χ3n) is 5.15. The Morgan fingerprint density at radius 3 is 2.67 bits per heavy atom. The van der Waals surface area contributed by atoms with E-state index in [-0.39, 0.29) is 6.10 Å². The van der Waals surface area contributed by atoms with Crippen LogP contribution in [-0.4, -0.2) is 41.3 Å². The first kappa shape index (κ1) is 15.5. The summed E-state index contributed by atoms with van der Waals surface area (Å²) in [5.41, 5.74) is 0. The van der Waals surface area contributed by atoms with Crippen molar-refractivity contribution in [2.75, 3.05) is 13.1 Å². The Labute approximate surface area is 132 Å². The smallest absolute Gasteiger partial charge is 0.0695 e. The van der Waals surface area contributed by atoms with Crippen molar-refractivity contribution in [3.63, 3.8) is 0 Å². The van der Waals surface area contributed by atoms with Crippen LogP contribution in [0.1, 0.15) is 56.4 Å². The van der Waals surface area contributed by atoms with Gasteiger partial charge in [0.2, 0.25) is 0 Å².